The van der Waals surface area contributed by atoms with Crippen LogP contribution in [0.3, 0.4) is 0 Å². The van der Waals surface area contributed by atoms with Crippen molar-refractivity contribution in [2.75, 3.05) is 7.11 Å². The van der Waals surface area contributed by atoms with E-state index >= 15 is 0 Å². The Balaban J connectivity index is 2.13. The van der Waals surface area contributed by atoms with Crippen molar-refractivity contribution in [3.63, 3.8) is 0 Å². The van der Waals surface area contributed by atoms with Crippen molar-refractivity contribution >= 4 is 5.91 Å². The van der Waals surface area contributed by atoms with Gasteiger partial charge in [-0.05, 0) is 48.5 Å². The van der Waals surface area contributed by atoms with Crippen LogP contribution < -0.4 is 10.5 Å². The zero-order valence-corrected chi connectivity index (χ0v) is 12.3. The lowest BCUT2D eigenvalue weighted by molar-refractivity contribution is 0.0968. The Morgan fingerprint density at radius 3 is 2.26 bits per heavy atom. The zero-order valence-electron chi connectivity index (χ0n) is 12.3. The fraction of sp³-hybridized carbons (Fsp3) is 0.0588. The number of oxazole rings is 1. The van der Waals surface area contributed by atoms with Gasteiger partial charge in [0.2, 0.25) is 0 Å². The number of aromatic hydroxyl groups is 1. The highest BCUT2D eigenvalue weighted by Crippen LogP contribution is 2.34. The lowest BCUT2D eigenvalue weighted by atomic mass is 10.1. The van der Waals surface area contributed by atoms with E-state index in [0.717, 1.165) is 5.56 Å². The number of primary amides is 1. The summed E-state index contributed by atoms with van der Waals surface area (Å²) in [6.45, 7) is 0. The van der Waals surface area contributed by atoms with Crippen molar-refractivity contribution in [2.24, 2.45) is 5.73 Å². The van der Waals surface area contributed by atoms with Gasteiger partial charge in [-0.1, -0.05) is 0 Å². The van der Waals surface area contributed by atoms with E-state index in [1.807, 2.05) is 12.1 Å². The second-order valence-corrected chi connectivity index (χ2v) is 4.84. The Morgan fingerprint density at radius 1 is 1.09 bits per heavy atom. The number of nitrogens with zero attached hydrogens (tertiary/aromatic N) is 1. The quantitative estimate of drug-likeness (QED) is 0.772. The number of benzene rings is 2. The molecule has 0 bridgehead atoms. The van der Waals surface area contributed by atoms with Crippen molar-refractivity contribution in [1.82, 2.24) is 4.98 Å². The maximum Gasteiger partial charge on any atom is 0.304 e. The molecule has 6 heteroatoms. The minimum Gasteiger partial charge on any atom is -0.508 e. The van der Waals surface area contributed by atoms with Gasteiger partial charge in [0, 0.05) is 11.1 Å². The molecule has 1 heterocycles. The van der Waals surface area contributed by atoms with Crippen LogP contribution in [0.2, 0.25) is 0 Å². The number of hydrogen-bond donors (Lipinski definition) is 2. The molecule has 0 spiro atoms. The van der Waals surface area contributed by atoms with E-state index in [1.54, 1.807) is 31.4 Å². The molecule has 0 aliphatic rings. The van der Waals surface area contributed by atoms with Crippen molar-refractivity contribution < 1.29 is 19.1 Å². The number of phenolic OH excluding ortho intramolecular Hbond substituents is 1. The van der Waals surface area contributed by atoms with Crippen LogP contribution >= 0.6 is 0 Å². The molecule has 0 unspecified atom stereocenters. The number of hydrogen-bond acceptors (Lipinski definition) is 5. The standard InChI is InChI=1S/C17H14N2O4/c1-22-13-8-4-10(5-9-13)14-15(23-17(19-14)16(18)21)11-2-6-12(20)7-3-11/h2-9,20H,1H3,(H2,18,21). The average molecular weight is 310 g/mol. The predicted molar refractivity (Wildman–Crippen MR) is 84.1 cm³/mol. The number of ether oxygens (including phenoxy) is 1. The number of aromatic nitrogens is 1. The molecule has 3 aromatic rings. The Morgan fingerprint density at radius 2 is 1.70 bits per heavy atom. The third-order valence-electron chi connectivity index (χ3n) is 3.33. The van der Waals surface area contributed by atoms with Crippen LogP contribution in [0, 0.1) is 0 Å². The van der Waals surface area contributed by atoms with Gasteiger partial charge in [-0.2, -0.15) is 0 Å². The van der Waals surface area contributed by atoms with Crippen LogP contribution in [-0.4, -0.2) is 23.1 Å². The average Bonchev–Trinajstić information content (AvgIpc) is 3.01. The van der Waals surface area contributed by atoms with Gasteiger partial charge in [0.1, 0.15) is 17.2 Å². The Bertz CT molecular complexity index is 836. The second-order valence-electron chi connectivity index (χ2n) is 4.84. The Hall–Kier alpha value is -3.28. The Kier molecular flexibility index (Phi) is 3.72. The number of rotatable bonds is 4. The number of phenols is 1. The molecule has 3 rings (SSSR count). The third kappa shape index (κ3) is 2.87. The van der Waals surface area contributed by atoms with E-state index in [1.165, 1.54) is 12.1 Å². The van der Waals surface area contributed by atoms with E-state index < -0.39 is 5.91 Å². The molecular weight excluding hydrogens is 296 g/mol. The van der Waals surface area contributed by atoms with Gasteiger partial charge in [0.15, 0.2) is 5.76 Å². The maximum absolute atomic E-state index is 11.4. The van der Waals surface area contributed by atoms with Crippen LogP contribution in [0.25, 0.3) is 22.6 Å². The summed E-state index contributed by atoms with van der Waals surface area (Å²) < 4.78 is 10.6. The molecule has 23 heavy (non-hydrogen) atoms. The molecule has 1 amide bonds. The van der Waals surface area contributed by atoms with Gasteiger partial charge >= 0.3 is 5.91 Å². The predicted octanol–water partition coefficient (Wildman–Crippen LogP) is 2.82. The van der Waals surface area contributed by atoms with Crippen molar-refractivity contribution in [3.05, 3.63) is 54.4 Å². The highest BCUT2D eigenvalue weighted by atomic mass is 16.5. The topological polar surface area (TPSA) is 98.6 Å². The highest BCUT2D eigenvalue weighted by Gasteiger charge is 2.19. The summed E-state index contributed by atoms with van der Waals surface area (Å²) in [5, 5.41) is 9.41. The second kappa shape index (κ2) is 5.84. The number of methoxy groups -OCH3 is 1. The normalized spacial score (nSPS) is 10.5. The Labute approximate surface area is 132 Å². The van der Waals surface area contributed by atoms with Crippen molar-refractivity contribution in [1.29, 1.82) is 0 Å². The van der Waals surface area contributed by atoms with E-state index in [9.17, 15) is 9.90 Å². The summed E-state index contributed by atoms with van der Waals surface area (Å²) in [6.07, 6.45) is 0. The van der Waals surface area contributed by atoms with Crippen LogP contribution in [0.5, 0.6) is 11.5 Å². The minimum absolute atomic E-state index is 0.134. The maximum atomic E-state index is 11.4. The molecule has 0 aliphatic carbocycles. The van der Waals surface area contributed by atoms with E-state index in [-0.39, 0.29) is 11.6 Å². The van der Waals surface area contributed by atoms with Crippen molar-refractivity contribution in [3.8, 4) is 34.1 Å². The summed E-state index contributed by atoms with van der Waals surface area (Å²) >= 11 is 0. The molecule has 0 saturated carbocycles. The van der Waals surface area contributed by atoms with E-state index in [4.69, 9.17) is 14.9 Å². The molecule has 0 atom stereocenters. The fourth-order valence-electron chi connectivity index (χ4n) is 2.18. The molecule has 1 aromatic heterocycles. The number of carbonyl (C=O) groups is 1. The third-order valence-corrected chi connectivity index (χ3v) is 3.33. The van der Waals surface area contributed by atoms with Crippen molar-refractivity contribution in [2.45, 2.75) is 0 Å². The first-order valence-corrected chi connectivity index (χ1v) is 6.83. The first kappa shape index (κ1) is 14.6. The molecule has 0 saturated heterocycles. The molecule has 6 nitrogen and oxygen atoms in total. The van der Waals surface area contributed by atoms with Gasteiger partial charge in [-0.3, -0.25) is 4.79 Å². The highest BCUT2D eigenvalue weighted by molar-refractivity contribution is 5.90. The minimum atomic E-state index is -0.746. The first-order valence-electron chi connectivity index (χ1n) is 6.83. The largest absolute Gasteiger partial charge is 0.508 e. The molecule has 0 aliphatic heterocycles. The molecule has 0 fully saturated rings. The summed E-state index contributed by atoms with van der Waals surface area (Å²) in [5.74, 6) is 0.334. The van der Waals surface area contributed by atoms with Gasteiger partial charge in [0.05, 0.1) is 7.11 Å². The molecule has 3 N–H and O–H groups in total. The molecule has 116 valence electrons. The lowest BCUT2D eigenvalue weighted by Crippen LogP contribution is -2.10. The van der Waals surface area contributed by atoms with Crippen LogP contribution in [0.4, 0.5) is 0 Å². The van der Waals surface area contributed by atoms with Gasteiger partial charge < -0.3 is 20.0 Å². The van der Waals surface area contributed by atoms with Crippen LogP contribution in [0.1, 0.15) is 10.7 Å². The monoisotopic (exact) mass is 310 g/mol. The molecular formula is C17H14N2O4. The van der Waals surface area contributed by atoms with Crippen LogP contribution in [-0.2, 0) is 0 Å². The first-order chi connectivity index (χ1) is 11.1. The smallest absolute Gasteiger partial charge is 0.304 e. The van der Waals surface area contributed by atoms with E-state index in [2.05, 4.69) is 4.98 Å². The molecule has 0 radical (unpaired) electrons. The summed E-state index contributed by atoms with van der Waals surface area (Å²) in [5.41, 5.74) is 7.19. The molecule has 2 aromatic carbocycles. The summed E-state index contributed by atoms with van der Waals surface area (Å²) in [6, 6.07) is 13.6. The fourth-order valence-corrected chi connectivity index (χ4v) is 2.18. The number of nitrogens with two attached hydrogens (primary N) is 1. The van der Waals surface area contributed by atoms with Gasteiger partial charge in [0.25, 0.3) is 5.89 Å². The zero-order chi connectivity index (χ0) is 16.4. The summed E-state index contributed by atoms with van der Waals surface area (Å²) in [4.78, 5) is 15.6. The number of carbonyl (C=O) groups excluding carboxylic acids is 1. The lowest BCUT2D eigenvalue weighted by Gasteiger charge is -2.03. The van der Waals surface area contributed by atoms with Gasteiger partial charge in [-0.15, -0.1) is 0 Å². The van der Waals surface area contributed by atoms with E-state index in [0.29, 0.717) is 22.8 Å². The SMILES string of the molecule is COc1ccc(-c2nc(C(N)=O)oc2-c2ccc(O)cc2)cc1. The number of amides is 1. The van der Waals surface area contributed by atoms with Gasteiger partial charge in [-0.25, -0.2) is 4.98 Å². The summed E-state index contributed by atoms with van der Waals surface area (Å²) in [7, 11) is 1.58. The van der Waals surface area contributed by atoms with Crippen LogP contribution in [0.15, 0.2) is 52.9 Å².